The van der Waals surface area contributed by atoms with E-state index in [-0.39, 0.29) is 42.3 Å². The van der Waals surface area contributed by atoms with E-state index in [9.17, 15) is 34.8 Å². The fraction of sp³-hybridized carbons (Fsp3) is 0.519. The molecule has 0 heterocycles. The predicted octanol–water partition coefficient (Wildman–Crippen LogP) is 2.32. The highest BCUT2D eigenvalue weighted by Gasteiger charge is 2.60. The first kappa shape index (κ1) is 28.1. The molecule has 1 unspecified atom stereocenters. The molecule has 1 fully saturated rings. The number of halogens is 1. The Labute approximate surface area is 225 Å². The van der Waals surface area contributed by atoms with E-state index < -0.39 is 52.0 Å². The minimum Gasteiger partial charge on any atom is -0.508 e. The number of phenols is 1. The van der Waals surface area contributed by atoms with Crippen molar-refractivity contribution in [2.24, 2.45) is 17.6 Å². The minimum absolute atomic E-state index is 0.0166. The minimum atomic E-state index is -2.59. The molecule has 0 bridgehead atoms. The lowest BCUT2D eigenvalue weighted by Crippen LogP contribution is -2.58. The molecule has 0 spiro atoms. The molecule has 10 nitrogen and oxygen atoms in total. The zero-order chi connectivity index (χ0) is 28.1. The number of likely N-dealkylation sites (N-methyl/N-ethyl adjacent to an activating group) is 1. The molecule has 38 heavy (non-hydrogen) atoms. The number of hydrogen-bond donors (Lipinski definition) is 5. The number of rotatable bonds is 8. The van der Waals surface area contributed by atoms with Gasteiger partial charge in [-0.25, -0.2) is 0 Å². The highest BCUT2D eigenvalue weighted by Crippen LogP contribution is 2.53. The molecule has 6 N–H and O–H groups in total. The van der Waals surface area contributed by atoms with Crippen LogP contribution in [0.4, 0.5) is 0 Å². The fourth-order valence-corrected chi connectivity index (χ4v) is 6.13. The van der Waals surface area contributed by atoms with Gasteiger partial charge in [0.05, 0.1) is 18.3 Å². The quantitative estimate of drug-likeness (QED) is 0.306. The number of nitrogens with zero attached hydrogens (tertiary/aromatic N) is 1. The van der Waals surface area contributed by atoms with Gasteiger partial charge in [-0.15, -0.1) is 0 Å². The Hall–Kier alpha value is -2.92. The summed E-state index contributed by atoms with van der Waals surface area (Å²) >= 11 is 6.79. The fourth-order valence-electron chi connectivity index (χ4n) is 5.85. The monoisotopic (exact) mass is 548 g/mol. The zero-order valence-corrected chi connectivity index (χ0v) is 22.3. The number of nitrogens with two attached hydrogens (primary N) is 1. The smallest absolute Gasteiger partial charge is 0.255 e. The van der Waals surface area contributed by atoms with Gasteiger partial charge in [0.25, 0.3) is 5.91 Å². The second-order valence-corrected chi connectivity index (χ2v) is 10.8. The number of ketones is 2. The molecule has 3 aliphatic carbocycles. The van der Waals surface area contributed by atoms with Crippen molar-refractivity contribution in [1.82, 2.24) is 4.90 Å². The number of aromatic hydroxyl groups is 1. The molecule has 1 amide bonds. The number of aliphatic hydroxyl groups excluding tert-OH is 2. The largest absolute Gasteiger partial charge is 0.508 e. The molecular formula is C27H33ClN2O8. The highest BCUT2D eigenvalue weighted by atomic mass is 35.5. The lowest BCUT2D eigenvalue weighted by atomic mass is 9.59. The van der Waals surface area contributed by atoms with E-state index in [1.165, 1.54) is 6.07 Å². The van der Waals surface area contributed by atoms with Crippen LogP contribution in [0.3, 0.4) is 0 Å². The van der Waals surface area contributed by atoms with Gasteiger partial charge in [0.2, 0.25) is 5.78 Å². The number of hydrogen-bond acceptors (Lipinski definition) is 9. The number of fused-ring (bicyclic) bond motifs is 3. The maximum absolute atomic E-state index is 13.6. The van der Waals surface area contributed by atoms with E-state index >= 15 is 0 Å². The lowest BCUT2D eigenvalue weighted by molar-refractivity contribution is -0.147. The van der Waals surface area contributed by atoms with Gasteiger partial charge in [-0.2, -0.15) is 0 Å². The maximum atomic E-state index is 13.6. The first-order valence-corrected chi connectivity index (χ1v) is 13.0. The van der Waals surface area contributed by atoms with Crippen LogP contribution in [0.15, 0.2) is 23.0 Å². The number of ether oxygens (including phenoxy) is 1. The number of aliphatic hydroxyl groups is 3. The number of carbonyl (C=O) groups excluding carboxylic acids is 3. The van der Waals surface area contributed by atoms with Gasteiger partial charge in [-0.3, -0.25) is 19.3 Å². The average molecular weight is 549 g/mol. The van der Waals surface area contributed by atoms with Crippen LogP contribution in [-0.2, 0) is 32.1 Å². The van der Waals surface area contributed by atoms with Gasteiger partial charge in [-0.05, 0) is 56.3 Å². The van der Waals surface area contributed by atoms with Crippen molar-refractivity contribution < 1.29 is 39.5 Å². The van der Waals surface area contributed by atoms with Crippen LogP contribution >= 0.6 is 11.6 Å². The van der Waals surface area contributed by atoms with Crippen molar-refractivity contribution in [3.05, 3.63) is 44.7 Å². The van der Waals surface area contributed by atoms with Crippen molar-refractivity contribution in [3.63, 3.8) is 0 Å². The maximum Gasteiger partial charge on any atom is 0.255 e. The number of benzene rings is 1. The van der Waals surface area contributed by atoms with E-state index in [4.69, 9.17) is 22.1 Å². The number of carbonyl (C=O) groups is 3. The zero-order valence-electron chi connectivity index (χ0n) is 21.6. The van der Waals surface area contributed by atoms with E-state index in [0.29, 0.717) is 42.4 Å². The van der Waals surface area contributed by atoms with Crippen molar-refractivity contribution in [2.45, 2.75) is 58.3 Å². The van der Waals surface area contributed by atoms with Crippen LogP contribution in [0, 0.1) is 11.8 Å². The third kappa shape index (κ3) is 4.49. The highest BCUT2D eigenvalue weighted by molar-refractivity contribution is 6.32. The summed E-state index contributed by atoms with van der Waals surface area (Å²) in [5, 5.41) is 44.4. The number of amides is 1. The predicted molar refractivity (Wildman–Crippen MR) is 138 cm³/mol. The lowest BCUT2D eigenvalue weighted by Gasteiger charge is -2.46. The van der Waals surface area contributed by atoms with Crippen molar-refractivity contribution in [2.75, 3.05) is 19.7 Å². The summed E-state index contributed by atoms with van der Waals surface area (Å²) in [7, 11) is 0. The molecule has 0 aromatic heterocycles. The standard InChI is InChI=1S/C27H33ClN2O8/c1-4-30(5-6-38-12(2)3)11-14-9-17(31)20-16(22(14)28)8-13-7-15-10-18(32)21(26(29)36)25(35)27(15,37)24(34)19(13)23(20)33/h9,12-13,15,31,33,35,37H,4-8,10-11H2,1-3H3,(H2,29,36)/t13?,15-,27-/m0/s1. The Morgan fingerprint density at radius 1 is 1.26 bits per heavy atom. The second kappa shape index (κ2) is 10.3. The summed E-state index contributed by atoms with van der Waals surface area (Å²) in [4.78, 5) is 39.9. The molecule has 0 saturated heterocycles. The van der Waals surface area contributed by atoms with Gasteiger partial charge < -0.3 is 30.9 Å². The van der Waals surface area contributed by atoms with Crippen LogP contribution in [-0.4, -0.2) is 74.2 Å². The van der Waals surface area contributed by atoms with Gasteiger partial charge in [0, 0.05) is 36.0 Å². The van der Waals surface area contributed by atoms with E-state index in [1.807, 2.05) is 20.8 Å². The normalized spacial score (nSPS) is 25.1. The Balaban J connectivity index is 1.74. The number of Topliss-reactive ketones (excluding diaryl/α,β-unsaturated/α-hetero) is 2. The average Bonchev–Trinajstić information content (AvgIpc) is 2.83. The Morgan fingerprint density at radius 3 is 2.55 bits per heavy atom. The molecule has 0 radical (unpaired) electrons. The Morgan fingerprint density at radius 2 is 1.95 bits per heavy atom. The molecule has 1 saturated carbocycles. The topological polar surface area (TPSA) is 171 Å². The summed E-state index contributed by atoms with van der Waals surface area (Å²) in [6.07, 6.45) is -0.0517. The van der Waals surface area contributed by atoms with Crippen molar-refractivity contribution in [1.29, 1.82) is 0 Å². The summed E-state index contributed by atoms with van der Waals surface area (Å²) in [6, 6.07) is 1.44. The first-order valence-electron chi connectivity index (χ1n) is 12.7. The van der Waals surface area contributed by atoms with Gasteiger partial charge in [0.15, 0.2) is 11.4 Å². The number of primary amides is 1. The van der Waals surface area contributed by atoms with Crippen LogP contribution in [0.25, 0.3) is 5.76 Å². The SMILES string of the molecule is CCN(CCOC(C)C)Cc1cc(O)c2c(c1Cl)CC1C[C@H]3CC(=O)C(C(N)=O)=C(O)[C@@]3(O)C(=O)C1=C2O. The molecule has 1 aromatic rings. The molecule has 206 valence electrons. The van der Waals surface area contributed by atoms with Crippen LogP contribution in [0.1, 0.15) is 50.3 Å². The second-order valence-electron chi connectivity index (χ2n) is 10.4. The van der Waals surface area contributed by atoms with Crippen LogP contribution in [0.2, 0.25) is 5.02 Å². The van der Waals surface area contributed by atoms with Crippen molar-refractivity contribution in [3.8, 4) is 5.75 Å². The molecule has 1 aromatic carbocycles. The van der Waals surface area contributed by atoms with E-state index in [1.54, 1.807) is 0 Å². The van der Waals surface area contributed by atoms with Crippen molar-refractivity contribution >= 4 is 34.8 Å². The molecule has 3 aliphatic rings. The van der Waals surface area contributed by atoms with Crippen LogP contribution < -0.4 is 5.73 Å². The third-order valence-corrected chi connectivity index (χ3v) is 8.24. The Bertz CT molecular complexity index is 1270. The third-order valence-electron chi connectivity index (χ3n) is 7.77. The molecule has 11 heteroatoms. The Kier molecular flexibility index (Phi) is 7.64. The summed E-state index contributed by atoms with van der Waals surface area (Å²) in [6.45, 7) is 8.21. The summed E-state index contributed by atoms with van der Waals surface area (Å²) < 4.78 is 5.64. The van der Waals surface area contributed by atoms with Gasteiger partial charge >= 0.3 is 0 Å². The van der Waals surface area contributed by atoms with E-state index in [2.05, 4.69) is 4.90 Å². The molecule has 0 aliphatic heterocycles. The van der Waals surface area contributed by atoms with Gasteiger partial charge in [-0.1, -0.05) is 18.5 Å². The molecular weight excluding hydrogens is 516 g/mol. The summed E-state index contributed by atoms with van der Waals surface area (Å²) in [5.74, 6) is -6.64. The van der Waals surface area contributed by atoms with E-state index in [0.717, 1.165) is 0 Å². The first-order chi connectivity index (χ1) is 17.8. The summed E-state index contributed by atoms with van der Waals surface area (Å²) in [5.41, 5.74) is 2.70. The molecule has 3 atom stereocenters. The van der Waals surface area contributed by atoms with Gasteiger partial charge in [0.1, 0.15) is 22.8 Å². The molecule has 4 rings (SSSR count). The van der Waals surface area contributed by atoms with Crippen LogP contribution in [0.5, 0.6) is 5.75 Å². The number of phenolic OH excluding ortho intramolecular Hbond substituents is 1.